The lowest BCUT2D eigenvalue weighted by atomic mass is 10.1. The van der Waals surface area contributed by atoms with Gasteiger partial charge in [-0.3, -0.25) is 9.13 Å². The zero-order valence-corrected chi connectivity index (χ0v) is 48.2. The highest BCUT2D eigenvalue weighted by atomic mass is 15.2. The Bertz CT molecular complexity index is 4890. The maximum Gasteiger partial charge on any atom is 0.168 e. The van der Waals surface area contributed by atoms with Crippen LogP contribution >= 0.6 is 0 Å². The number of benzene rings is 10. The summed E-state index contributed by atoms with van der Waals surface area (Å²) in [6.07, 6.45) is 0. The van der Waals surface area contributed by atoms with Gasteiger partial charge in [-0.1, -0.05) is 154 Å². The van der Waals surface area contributed by atoms with Crippen molar-refractivity contribution in [1.82, 2.24) is 38.2 Å². The topological polar surface area (TPSA) is 71.3 Å². The van der Waals surface area contributed by atoms with Gasteiger partial charge < -0.3 is 9.13 Å². The van der Waals surface area contributed by atoms with Crippen LogP contribution in [-0.4, -0.2) is 38.2 Å². The van der Waals surface area contributed by atoms with E-state index in [0.717, 1.165) is 127 Å². The van der Waals surface area contributed by atoms with Crippen LogP contribution in [0.25, 0.3) is 144 Å². The minimum atomic E-state index is 0.501. The number of pyridine rings is 1. The average molecular weight is 1080 g/mol. The highest BCUT2D eigenvalue weighted by Gasteiger charge is 2.34. The smallest absolute Gasteiger partial charge is 0.168 e. The molecule has 0 aliphatic rings. The van der Waals surface area contributed by atoms with Crippen LogP contribution in [0.3, 0.4) is 0 Å². The lowest BCUT2D eigenvalue weighted by molar-refractivity contribution is 0.952. The van der Waals surface area contributed by atoms with Crippen molar-refractivity contribution in [2.75, 3.05) is 0 Å². The van der Waals surface area contributed by atoms with E-state index in [2.05, 4.69) is 268 Å². The Morgan fingerprint density at radius 3 is 0.702 bits per heavy atom. The Labute approximate surface area is 486 Å². The number of rotatable bonds is 7. The largest absolute Gasteiger partial charge is 0.305 e. The maximum atomic E-state index is 6.52. The molecule has 8 heteroatoms. The van der Waals surface area contributed by atoms with E-state index in [-0.39, 0.29) is 0 Å². The highest BCUT2D eigenvalue weighted by Crippen LogP contribution is 2.49. The molecule has 84 heavy (non-hydrogen) atoms. The summed E-state index contributed by atoms with van der Waals surface area (Å²) < 4.78 is 9.80. The number of hydrogen-bond donors (Lipinski definition) is 0. The molecule has 16 rings (SSSR count). The first-order valence-corrected chi connectivity index (χ1v) is 28.9. The van der Waals surface area contributed by atoms with Gasteiger partial charge in [0, 0.05) is 54.2 Å². The van der Waals surface area contributed by atoms with Gasteiger partial charge in [0.25, 0.3) is 0 Å². The lowest BCUT2D eigenvalue weighted by Gasteiger charge is -2.26. The van der Waals surface area contributed by atoms with Crippen molar-refractivity contribution in [3.8, 4) is 57.2 Å². The van der Waals surface area contributed by atoms with Gasteiger partial charge in [0.15, 0.2) is 29.1 Å². The predicted octanol–water partition coefficient (Wildman–Crippen LogP) is 19.1. The van der Waals surface area contributed by atoms with Crippen LogP contribution in [0.2, 0.25) is 0 Å². The van der Waals surface area contributed by atoms with Gasteiger partial charge in [-0.2, -0.15) is 0 Å². The second-order valence-corrected chi connectivity index (χ2v) is 23.4. The van der Waals surface area contributed by atoms with E-state index >= 15 is 0 Å². The fraction of sp³-hybridized carbons (Fsp3) is 0.105. The van der Waals surface area contributed by atoms with E-state index < -0.39 is 0 Å². The summed E-state index contributed by atoms with van der Waals surface area (Å²) in [5.74, 6) is 3.07. The summed E-state index contributed by atoms with van der Waals surface area (Å²) in [5, 5.41) is 9.17. The average Bonchev–Trinajstić information content (AvgIpc) is 1.66. The molecule has 0 saturated heterocycles. The number of aromatic nitrogens is 8. The van der Waals surface area contributed by atoms with Crippen molar-refractivity contribution in [3.63, 3.8) is 0 Å². The molecule has 0 radical (unpaired) electrons. The van der Waals surface area contributed by atoms with E-state index in [1.165, 1.54) is 44.5 Å². The van der Waals surface area contributed by atoms with Gasteiger partial charge in [-0.15, -0.1) is 0 Å². The third kappa shape index (κ3) is 7.53. The summed E-state index contributed by atoms with van der Waals surface area (Å²) in [5.41, 5.74) is 21.9. The molecule has 6 aromatic heterocycles. The Balaban J connectivity index is 1.25. The fourth-order valence-electron chi connectivity index (χ4n) is 13.4. The molecule has 0 unspecified atom stereocenters. The lowest BCUT2D eigenvalue weighted by Crippen LogP contribution is -2.17. The van der Waals surface area contributed by atoms with Gasteiger partial charge in [0.1, 0.15) is 11.4 Å². The summed E-state index contributed by atoms with van der Waals surface area (Å²) in [7, 11) is 0. The van der Waals surface area contributed by atoms with Crippen LogP contribution in [0, 0.1) is 55.4 Å². The van der Waals surface area contributed by atoms with Crippen molar-refractivity contribution >= 4 is 87.2 Å². The predicted molar refractivity (Wildman–Crippen MR) is 349 cm³/mol. The third-order valence-corrected chi connectivity index (χ3v) is 17.2. The highest BCUT2D eigenvalue weighted by molar-refractivity contribution is 6.16. The van der Waals surface area contributed by atoms with Gasteiger partial charge in [0.2, 0.25) is 0 Å². The molecule has 0 saturated carbocycles. The second kappa shape index (κ2) is 18.5. The van der Waals surface area contributed by atoms with Crippen molar-refractivity contribution in [2.45, 2.75) is 55.4 Å². The van der Waals surface area contributed by atoms with Crippen LogP contribution in [0.4, 0.5) is 0 Å². The van der Waals surface area contributed by atoms with Crippen LogP contribution < -0.4 is 0 Å². The molecule has 16 aromatic rings. The van der Waals surface area contributed by atoms with Crippen molar-refractivity contribution < 1.29 is 0 Å². The minimum absolute atomic E-state index is 0.501. The monoisotopic (exact) mass is 1080 g/mol. The van der Waals surface area contributed by atoms with Crippen molar-refractivity contribution in [1.29, 1.82) is 0 Å². The van der Waals surface area contributed by atoms with E-state index in [1.54, 1.807) is 0 Å². The molecule has 402 valence electrons. The number of nitrogens with zero attached hydrogens (tertiary/aromatic N) is 8. The van der Waals surface area contributed by atoms with Gasteiger partial charge in [0.05, 0.1) is 49.7 Å². The molecule has 0 amide bonds. The van der Waals surface area contributed by atoms with Crippen LogP contribution in [0.1, 0.15) is 44.5 Å². The first kappa shape index (κ1) is 49.4. The molecule has 8 nitrogen and oxygen atoms in total. The molecule has 0 aliphatic heterocycles. The normalized spacial score (nSPS) is 12.0. The summed E-state index contributed by atoms with van der Waals surface area (Å²) in [6.45, 7) is 17.5. The standard InChI is InChI=1S/C76H58N8/c1-43-19-27-61-53(35-43)54-36-44(2)20-28-62(54)81(61)70-69(74-78-72(51-15-11-9-12-16-51)77-73(79-74)52-17-13-10-14-18-52)71(82-63-29-21-45(3)37-55(63)56-38-46(4)22-30-64(56)82)76(84-67-33-25-49(7)41-59(67)60-42-50(8)26-34-68(60)84)80-75(70)83-65-31-23-47(5)39-57(65)58-40-48(6)24-32-66(58)83/h9-42H,1-8H3. The van der Waals surface area contributed by atoms with Crippen LogP contribution in [0.15, 0.2) is 206 Å². The quantitative estimate of drug-likeness (QED) is 0.159. The van der Waals surface area contributed by atoms with E-state index in [0.29, 0.717) is 17.5 Å². The van der Waals surface area contributed by atoms with Crippen LogP contribution in [0.5, 0.6) is 0 Å². The summed E-state index contributed by atoms with van der Waals surface area (Å²) in [6, 6.07) is 75.6. The molecular formula is C76H58N8. The zero-order chi connectivity index (χ0) is 56.8. The number of hydrogen-bond acceptors (Lipinski definition) is 4. The SMILES string of the molecule is Cc1ccc2c(c1)c1cc(C)ccc1n2-c1nc(-n2c3ccc(C)cc3c3cc(C)ccc32)c(-n2c3ccc(C)cc3c3cc(C)ccc32)c(-c2nc(-c3ccccc3)nc(-c3ccccc3)n2)c1-n1c2ccc(C)cc2c2cc(C)ccc21. The zero-order valence-electron chi connectivity index (χ0n) is 48.2. The molecule has 0 spiro atoms. The molecule has 0 N–H and O–H groups in total. The first-order valence-electron chi connectivity index (χ1n) is 28.9. The maximum absolute atomic E-state index is 6.52. The Kier molecular flexibility index (Phi) is 10.9. The van der Waals surface area contributed by atoms with Crippen molar-refractivity contribution in [3.05, 3.63) is 251 Å². The molecular weight excluding hydrogens is 1020 g/mol. The van der Waals surface area contributed by atoms with E-state index in [4.69, 9.17) is 19.9 Å². The third-order valence-electron chi connectivity index (χ3n) is 17.2. The molecule has 0 atom stereocenters. The van der Waals surface area contributed by atoms with Crippen molar-refractivity contribution in [2.24, 2.45) is 0 Å². The summed E-state index contributed by atoms with van der Waals surface area (Å²) in [4.78, 5) is 23.6. The fourth-order valence-corrected chi connectivity index (χ4v) is 13.4. The Hall–Kier alpha value is -10.4. The molecule has 10 aromatic carbocycles. The molecule has 6 heterocycles. The number of aryl methyl sites for hydroxylation is 8. The molecule has 0 bridgehead atoms. The second-order valence-electron chi connectivity index (χ2n) is 23.4. The van der Waals surface area contributed by atoms with Gasteiger partial charge in [-0.25, -0.2) is 19.9 Å². The van der Waals surface area contributed by atoms with Gasteiger partial charge >= 0.3 is 0 Å². The minimum Gasteiger partial charge on any atom is -0.305 e. The molecule has 0 fully saturated rings. The Morgan fingerprint density at radius 2 is 0.452 bits per heavy atom. The van der Waals surface area contributed by atoms with E-state index in [1.807, 2.05) is 12.1 Å². The number of fused-ring (bicyclic) bond motifs is 12. The van der Waals surface area contributed by atoms with Gasteiger partial charge in [-0.05, 0) is 152 Å². The Morgan fingerprint density at radius 1 is 0.226 bits per heavy atom. The summed E-state index contributed by atoms with van der Waals surface area (Å²) >= 11 is 0. The van der Waals surface area contributed by atoms with E-state index in [9.17, 15) is 0 Å². The molecule has 0 aliphatic carbocycles. The van der Waals surface area contributed by atoms with Crippen LogP contribution in [-0.2, 0) is 0 Å². The first-order chi connectivity index (χ1) is 40.9.